The summed E-state index contributed by atoms with van der Waals surface area (Å²) in [5, 5.41) is 0.396. The molecule has 3 N–H and O–H groups in total. The molecule has 1 atom stereocenters. The minimum Gasteiger partial charge on any atom is -0.354 e. The van der Waals surface area contributed by atoms with Gasteiger partial charge in [0.05, 0.1) is 28.3 Å². The Bertz CT molecular complexity index is 1350. The van der Waals surface area contributed by atoms with E-state index in [1.54, 1.807) is 19.2 Å². The first kappa shape index (κ1) is 18.9. The Kier molecular flexibility index (Phi) is 4.47. The molecule has 0 aliphatic carbocycles. The summed E-state index contributed by atoms with van der Waals surface area (Å²) in [6, 6.07) is 12.9. The lowest BCUT2D eigenvalue weighted by atomic mass is 10.0. The highest BCUT2D eigenvalue weighted by atomic mass is 19.1. The van der Waals surface area contributed by atoms with Crippen molar-refractivity contribution in [3.05, 3.63) is 92.0 Å². The zero-order valence-corrected chi connectivity index (χ0v) is 16.4. The Balaban J connectivity index is 2.09. The molecule has 6 nitrogen and oxygen atoms in total. The highest BCUT2D eigenvalue weighted by Gasteiger charge is 2.24. The second-order valence-corrected chi connectivity index (χ2v) is 7.24. The van der Waals surface area contributed by atoms with Crippen LogP contribution in [0.2, 0.25) is 0 Å². The molecule has 4 aromatic rings. The van der Waals surface area contributed by atoms with Crippen LogP contribution < -0.4 is 17.0 Å². The van der Waals surface area contributed by atoms with Crippen LogP contribution in [0.25, 0.3) is 22.2 Å². The fourth-order valence-electron chi connectivity index (χ4n) is 3.72. The van der Waals surface area contributed by atoms with Gasteiger partial charge in [0.1, 0.15) is 5.82 Å². The monoisotopic (exact) mass is 392 g/mol. The molecule has 1 unspecified atom stereocenters. The van der Waals surface area contributed by atoms with Crippen LogP contribution in [0.15, 0.2) is 58.1 Å². The third-order valence-electron chi connectivity index (χ3n) is 5.28. The molecule has 0 fully saturated rings. The van der Waals surface area contributed by atoms with E-state index in [0.717, 1.165) is 15.7 Å². The third kappa shape index (κ3) is 3.00. The number of aromatic nitrogens is 3. The molecule has 0 bridgehead atoms. The highest BCUT2D eigenvalue weighted by molar-refractivity contribution is 5.95. The van der Waals surface area contributed by atoms with Gasteiger partial charge in [-0.05, 0) is 36.2 Å². The van der Waals surface area contributed by atoms with E-state index >= 15 is 0 Å². The number of H-pyrrole nitrogens is 1. The number of aromatic amines is 1. The maximum Gasteiger partial charge on any atom is 0.331 e. The molecule has 0 aliphatic heterocycles. The Hall–Kier alpha value is -3.45. The molecule has 148 valence electrons. The first-order valence-electron chi connectivity index (χ1n) is 9.19. The molecule has 0 radical (unpaired) electrons. The molecular weight excluding hydrogens is 371 g/mol. The number of halogens is 1. The molecule has 0 spiro atoms. The van der Waals surface area contributed by atoms with Gasteiger partial charge in [-0.15, -0.1) is 0 Å². The lowest BCUT2D eigenvalue weighted by molar-refractivity contribution is 0.626. The first-order valence-corrected chi connectivity index (χ1v) is 9.19. The van der Waals surface area contributed by atoms with Gasteiger partial charge in [0.15, 0.2) is 0 Å². The topological polar surface area (TPSA) is 85.8 Å². The van der Waals surface area contributed by atoms with Crippen molar-refractivity contribution in [3.8, 4) is 11.3 Å². The van der Waals surface area contributed by atoms with E-state index in [4.69, 9.17) is 5.73 Å². The number of nitrogens with zero attached hydrogens (tertiary/aromatic N) is 2. The summed E-state index contributed by atoms with van der Waals surface area (Å²) in [5.74, 6) is -0.362. The fraction of sp³-hybridized carbons (Fsp3) is 0.182. The molecule has 0 amide bonds. The van der Waals surface area contributed by atoms with Crippen LogP contribution in [0.3, 0.4) is 0 Å². The van der Waals surface area contributed by atoms with Gasteiger partial charge in [-0.3, -0.25) is 13.9 Å². The van der Waals surface area contributed by atoms with Crippen molar-refractivity contribution in [3.63, 3.8) is 0 Å². The summed E-state index contributed by atoms with van der Waals surface area (Å²) in [4.78, 5) is 28.9. The van der Waals surface area contributed by atoms with Crippen molar-refractivity contribution >= 4 is 10.9 Å². The summed E-state index contributed by atoms with van der Waals surface area (Å²) in [6.45, 7) is 1.97. The van der Waals surface area contributed by atoms with Crippen LogP contribution >= 0.6 is 0 Å². The zero-order valence-electron chi connectivity index (χ0n) is 16.4. The molecule has 2 aromatic carbocycles. The van der Waals surface area contributed by atoms with Gasteiger partial charge < -0.3 is 10.7 Å². The van der Waals surface area contributed by atoms with Crippen molar-refractivity contribution in [1.29, 1.82) is 0 Å². The van der Waals surface area contributed by atoms with Gasteiger partial charge in [0.25, 0.3) is 5.56 Å². The third-order valence-corrected chi connectivity index (χ3v) is 5.28. The van der Waals surface area contributed by atoms with Gasteiger partial charge in [-0.2, -0.15) is 0 Å². The van der Waals surface area contributed by atoms with E-state index in [2.05, 4.69) is 4.98 Å². The van der Waals surface area contributed by atoms with Crippen molar-refractivity contribution in [2.24, 2.45) is 19.8 Å². The van der Waals surface area contributed by atoms with Crippen LogP contribution in [-0.4, -0.2) is 14.1 Å². The summed E-state index contributed by atoms with van der Waals surface area (Å²) >= 11 is 0. The number of hydrogen-bond acceptors (Lipinski definition) is 3. The number of benzene rings is 2. The smallest absolute Gasteiger partial charge is 0.331 e. The quantitative estimate of drug-likeness (QED) is 0.562. The number of nitrogens with two attached hydrogens (primary N) is 1. The highest BCUT2D eigenvalue weighted by Crippen LogP contribution is 2.32. The first-order chi connectivity index (χ1) is 13.8. The fourth-order valence-corrected chi connectivity index (χ4v) is 3.72. The molecule has 0 saturated carbocycles. The van der Waals surface area contributed by atoms with Crippen molar-refractivity contribution in [1.82, 2.24) is 14.1 Å². The Labute approximate surface area is 166 Å². The molecule has 4 rings (SSSR count). The summed E-state index contributed by atoms with van der Waals surface area (Å²) in [5.41, 5.74) is 9.76. The molecule has 2 aromatic heterocycles. The van der Waals surface area contributed by atoms with Crippen molar-refractivity contribution in [2.75, 3.05) is 0 Å². The molecule has 2 heterocycles. The number of aryl methyl sites for hydroxylation is 2. The van der Waals surface area contributed by atoms with E-state index < -0.39 is 17.3 Å². The Morgan fingerprint density at radius 3 is 2.38 bits per heavy atom. The lowest BCUT2D eigenvalue weighted by Crippen LogP contribution is -2.37. The maximum atomic E-state index is 13.3. The molecule has 7 heteroatoms. The van der Waals surface area contributed by atoms with E-state index in [1.165, 1.54) is 23.7 Å². The van der Waals surface area contributed by atoms with Gasteiger partial charge in [0, 0.05) is 14.1 Å². The molecule has 0 aliphatic rings. The normalized spacial score (nSPS) is 12.4. The van der Waals surface area contributed by atoms with Crippen LogP contribution in [0.5, 0.6) is 0 Å². The van der Waals surface area contributed by atoms with Gasteiger partial charge >= 0.3 is 5.69 Å². The Morgan fingerprint density at radius 2 is 1.72 bits per heavy atom. The van der Waals surface area contributed by atoms with E-state index in [-0.39, 0.29) is 5.82 Å². The van der Waals surface area contributed by atoms with Gasteiger partial charge in [0.2, 0.25) is 0 Å². The van der Waals surface area contributed by atoms with Crippen LogP contribution in [0.1, 0.15) is 22.9 Å². The van der Waals surface area contributed by atoms with Crippen LogP contribution in [-0.2, 0) is 14.1 Å². The predicted molar refractivity (Wildman–Crippen MR) is 111 cm³/mol. The minimum absolute atomic E-state index is 0.362. The average molecular weight is 392 g/mol. The second-order valence-electron chi connectivity index (χ2n) is 7.24. The van der Waals surface area contributed by atoms with Gasteiger partial charge in [-0.25, -0.2) is 9.18 Å². The SMILES string of the molecule is Cc1cccc(-c2[nH]c(C(N)c3ccc(F)cc3)c3c2c(=O)n(C)c(=O)n3C)c1. The maximum absolute atomic E-state index is 13.3. The second kappa shape index (κ2) is 6.86. The van der Waals surface area contributed by atoms with Crippen LogP contribution in [0.4, 0.5) is 4.39 Å². The Morgan fingerprint density at radius 1 is 1.03 bits per heavy atom. The van der Waals surface area contributed by atoms with Crippen LogP contribution in [0, 0.1) is 12.7 Å². The van der Waals surface area contributed by atoms with E-state index in [1.807, 2.05) is 31.2 Å². The molecule has 0 saturated heterocycles. The van der Waals surface area contributed by atoms with Crippen molar-refractivity contribution < 1.29 is 4.39 Å². The zero-order chi connectivity index (χ0) is 20.9. The number of fused-ring (bicyclic) bond motifs is 1. The van der Waals surface area contributed by atoms with Crippen molar-refractivity contribution in [2.45, 2.75) is 13.0 Å². The minimum atomic E-state index is -0.672. The summed E-state index contributed by atoms with van der Waals surface area (Å²) < 4.78 is 15.9. The average Bonchev–Trinajstić information content (AvgIpc) is 3.11. The predicted octanol–water partition coefficient (Wildman–Crippen LogP) is 2.73. The van der Waals surface area contributed by atoms with Gasteiger partial charge in [-0.1, -0.05) is 35.9 Å². The largest absolute Gasteiger partial charge is 0.354 e. The standard InChI is InChI=1S/C22H21FN4O2/c1-12-5-4-6-14(11-12)18-16-20(26(2)22(29)27(3)21(16)28)19(25-18)17(24)13-7-9-15(23)10-8-13/h4-11,17,25H,24H2,1-3H3. The molecular formula is C22H21FN4O2. The summed E-state index contributed by atoms with van der Waals surface area (Å²) in [7, 11) is 3.07. The number of nitrogens with one attached hydrogen (secondary N) is 1. The van der Waals surface area contributed by atoms with E-state index in [0.29, 0.717) is 27.9 Å². The number of hydrogen-bond donors (Lipinski definition) is 2. The molecule has 29 heavy (non-hydrogen) atoms. The summed E-state index contributed by atoms with van der Waals surface area (Å²) in [6.07, 6.45) is 0. The lowest BCUT2D eigenvalue weighted by Gasteiger charge is -2.13. The van der Waals surface area contributed by atoms with E-state index in [9.17, 15) is 14.0 Å². The number of rotatable bonds is 3.